The van der Waals surface area contributed by atoms with Gasteiger partial charge >= 0.3 is 0 Å². The van der Waals surface area contributed by atoms with E-state index in [-0.39, 0.29) is 0 Å². The normalized spacial score (nSPS) is 11.1. The molecular weight excluding hydrogens is 336 g/mol. The largest absolute Gasteiger partial charge is 0.364 e. The van der Waals surface area contributed by atoms with E-state index in [1.807, 2.05) is 48.9 Å². The third kappa shape index (κ3) is 3.08. The first-order valence-corrected chi connectivity index (χ1v) is 8.69. The molecule has 0 aliphatic heterocycles. The monoisotopic (exact) mass is 352 g/mol. The fourth-order valence-electron chi connectivity index (χ4n) is 3.09. The second-order valence-electron chi connectivity index (χ2n) is 6.32. The number of H-pyrrole nitrogens is 1. The topological polar surface area (TPSA) is 79.4 Å². The van der Waals surface area contributed by atoms with Crippen molar-refractivity contribution in [2.24, 2.45) is 0 Å². The minimum atomic E-state index is 0.567. The molecule has 0 amide bonds. The zero-order chi connectivity index (χ0) is 18.1. The smallest absolute Gasteiger partial charge is 0.126 e. The second-order valence-corrected chi connectivity index (χ2v) is 6.32. The Labute approximate surface area is 155 Å². The average Bonchev–Trinajstić information content (AvgIpc) is 3.26. The Morgan fingerprint density at radius 2 is 1.74 bits per heavy atom. The summed E-state index contributed by atoms with van der Waals surface area (Å²) in [5, 5.41) is 12.4. The molecule has 0 unspecified atom stereocenters. The maximum absolute atomic E-state index is 4.64. The fourth-order valence-corrected chi connectivity index (χ4v) is 3.09. The molecule has 2 aromatic carbocycles. The molecule has 0 saturated heterocycles. The van der Waals surface area contributed by atoms with Gasteiger partial charge in [0.2, 0.25) is 0 Å². The van der Waals surface area contributed by atoms with Crippen LogP contribution in [0.15, 0.2) is 73.3 Å². The van der Waals surface area contributed by atoms with Gasteiger partial charge in [-0.3, -0.25) is 10.1 Å². The Kier molecular flexibility index (Phi) is 3.72. The van der Waals surface area contributed by atoms with Gasteiger partial charge in [0.25, 0.3) is 0 Å². The van der Waals surface area contributed by atoms with Crippen LogP contribution in [0.2, 0.25) is 0 Å². The third-order valence-electron chi connectivity index (χ3n) is 4.50. The predicted molar refractivity (Wildman–Crippen MR) is 106 cm³/mol. The molecule has 0 radical (unpaired) electrons. The van der Waals surface area contributed by atoms with E-state index >= 15 is 0 Å². The Hall–Kier alpha value is -3.80. The number of nitrogens with zero attached hydrogens (tertiary/aromatic N) is 4. The van der Waals surface area contributed by atoms with Crippen LogP contribution in [0.3, 0.4) is 0 Å². The van der Waals surface area contributed by atoms with Crippen LogP contribution in [-0.4, -0.2) is 25.1 Å². The SMILES string of the molecule is c1ccc2nc(CNc3cc4cc(-c5cn[nH]c5)ccc4cn3)cnc2c1. The van der Waals surface area contributed by atoms with Crippen molar-refractivity contribution in [3.05, 3.63) is 79.0 Å². The third-order valence-corrected chi connectivity index (χ3v) is 4.50. The van der Waals surface area contributed by atoms with Crippen LogP contribution in [0.1, 0.15) is 5.69 Å². The molecule has 0 atom stereocenters. The molecule has 6 nitrogen and oxygen atoms in total. The summed E-state index contributed by atoms with van der Waals surface area (Å²) in [4.78, 5) is 13.6. The zero-order valence-electron chi connectivity index (χ0n) is 14.4. The number of anilines is 1. The number of aromatic amines is 1. The predicted octanol–water partition coefficient (Wildman–Crippen LogP) is 4.18. The van der Waals surface area contributed by atoms with Gasteiger partial charge in [0.05, 0.1) is 35.7 Å². The van der Waals surface area contributed by atoms with Crippen molar-refractivity contribution in [1.82, 2.24) is 25.1 Å². The Balaban J connectivity index is 1.40. The molecule has 0 bridgehead atoms. The summed E-state index contributed by atoms with van der Waals surface area (Å²) in [6.07, 6.45) is 7.39. The van der Waals surface area contributed by atoms with Gasteiger partial charge < -0.3 is 5.32 Å². The molecule has 130 valence electrons. The van der Waals surface area contributed by atoms with E-state index in [4.69, 9.17) is 0 Å². The van der Waals surface area contributed by atoms with E-state index in [2.05, 4.69) is 48.7 Å². The maximum Gasteiger partial charge on any atom is 0.126 e. The highest BCUT2D eigenvalue weighted by atomic mass is 15.1. The number of hydrogen-bond acceptors (Lipinski definition) is 5. The molecule has 0 spiro atoms. The molecular formula is C21H16N6. The Bertz CT molecular complexity index is 1230. The molecule has 0 aliphatic carbocycles. The van der Waals surface area contributed by atoms with Gasteiger partial charge in [-0.2, -0.15) is 5.10 Å². The number of rotatable bonds is 4. The number of pyridine rings is 1. The van der Waals surface area contributed by atoms with Gasteiger partial charge in [-0.15, -0.1) is 0 Å². The van der Waals surface area contributed by atoms with Crippen molar-refractivity contribution in [3.8, 4) is 11.1 Å². The molecule has 0 fully saturated rings. The van der Waals surface area contributed by atoms with Gasteiger partial charge in [0, 0.05) is 23.3 Å². The molecule has 5 rings (SSSR count). The molecule has 3 aromatic heterocycles. The molecule has 27 heavy (non-hydrogen) atoms. The standard InChI is InChI=1S/C21H16N6/c1-2-4-20-19(3-1)22-12-18(27-20)13-24-21-8-16-7-14(17-10-25-26-11-17)5-6-15(16)9-23-21/h1-12H,13H2,(H,23,24)(H,25,26). The maximum atomic E-state index is 4.64. The minimum Gasteiger partial charge on any atom is -0.364 e. The number of hydrogen-bond donors (Lipinski definition) is 2. The zero-order valence-corrected chi connectivity index (χ0v) is 14.4. The van der Waals surface area contributed by atoms with E-state index in [1.165, 1.54) is 0 Å². The van der Waals surface area contributed by atoms with E-state index in [1.54, 1.807) is 6.20 Å². The minimum absolute atomic E-state index is 0.567. The molecule has 6 heteroatoms. The number of para-hydroxylation sites is 2. The first-order valence-electron chi connectivity index (χ1n) is 8.69. The van der Waals surface area contributed by atoms with Crippen LogP contribution in [0, 0.1) is 0 Å². The summed E-state index contributed by atoms with van der Waals surface area (Å²) in [6.45, 7) is 0.567. The van der Waals surface area contributed by atoms with Crippen molar-refractivity contribution in [2.45, 2.75) is 6.54 Å². The lowest BCUT2D eigenvalue weighted by atomic mass is 10.1. The summed E-state index contributed by atoms with van der Waals surface area (Å²) in [7, 11) is 0. The summed E-state index contributed by atoms with van der Waals surface area (Å²) < 4.78 is 0. The van der Waals surface area contributed by atoms with Gasteiger partial charge in [-0.25, -0.2) is 9.97 Å². The van der Waals surface area contributed by atoms with Crippen LogP contribution in [0.5, 0.6) is 0 Å². The summed E-state index contributed by atoms with van der Waals surface area (Å²) >= 11 is 0. The second kappa shape index (κ2) is 6.49. The highest BCUT2D eigenvalue weighted by molar-refractivity contribution is 5.88. The molecule has 5 aromatic rings. The lowest BCUT2D eigenvalue weighted by Gasteiger charge is -2.08. The van der Waals surface area contributed by atoms with Gasteiger partial charge in [-0.05, 0) is 35.2 Å². The van der Waals surface area contributed by atoms with Gasteiger partial charge in [0.1, 0.15) is 5.82 Å². The number of benzene rings is 2. The van der Waals surface area contributed by atoms with Crippen LogP contribution in [-0.2, 0) is 6.54 Å². The highest BCUT2D eigenvalue weighted by Gasteiger charge is 2.04. The van der Waals surface area contributed by atoms with Crippen LogP contribution >= 0.6 is 0 Å². The molecule has 0 aliphatic rings. The lowest BCUT2D eigenvalue weighted by molar-refractivity contribution is 1.03. The van der Waals surface area contributed by atoms with Crippen molar-refractivity contribution in [2.75, 3.05) is 5.32 Å². The van der Waals surface area contributed by atoms with Crippen molar-refractivity contribution < 1.29 is 0 Å². The van der Waals surface area contributed by atoms with Gasteiger partial charge in [-0.1, -0.05) is 24.3 Å². The van der Waals surface area contributed by atoms with Crippen molar-refractivity contribution in [1.29, 1.82) is 0 Å². The van der Waals surface area contributed by atoms with E-state index < -0.39 is 0 Å². The van der Waals surface area contributed by atoms with Crippen LogP contribution in [0.25, 0.3) is 32.9 Å². The Morgan fingerprint density at radius 1 is 0.815 bits per heavy atom. The number of nitrogens with one attached hydrogen (secondary N) is 2. The fraction of sp³-hybridized carbons (Fsp3) is 0.0476. The van der Waals surface area contributed by atoms with Gasteiger partial charge in [0.15, 0.2) is 0 Å². The molecule has 0 saturated carbocycles. The highest BCUT2D eigenvalue weighted by Crippen LogP contribution is 2.24. The summed E-state index contributed by atoms with van der Waals surface area (Å²) in [5.74, 6) is 0.807. The summed E-state index contributed by atoms with van der Waals surface area (Å²) in [5.41, 5.74) is 4.86. The molecule has 3 heterocycles. The Morgan fingerprint density at radius 3 is 2.63 bits per heavy atom. The van der Waals surface area contributed by atoms with E-state index in [0.29, 0.717) is 6.54 Å². The number of fused-ring (bicyclic) bond motifs is 2. The first-order chi connectivity index (χ1) is 13.3. The van der Waals surface area contributed by atoms with E-state index in [0.717, 1.165) is 44.4 Å². The van der Waals surface area contributed by atoms with Crippen LogP contribution < -0.4 is 5.32 Å². The first kappa shape index (κ1) is 15.5. The quantitative estimate of drug-likeness (QED) is 0.507. The van der Waals surface area contributed by atoms with Crippen molar-refractivity contribution in [3.63, 3.8) is 0 Å². The lowest BCUT2D eigenvalue weighted by Crippen LogP contribution is -2.04. The average molecular weight is 352 g/mol. The summed E-state index contributed by atoms with van der Waals surface area (Å²) in [6, 6.07) is 16.2. The van der Waals surface area contributed by atoms with Crippen LogP contribution in [0.4, 0.5) is 5.82 Å². The molecule has 2 N–H and O–H groups in total. The number of aromatic nitrogens is 5. The van der Waals surface area contributed by atoms with Crippen molar-refractivity contribution >= 4 is 27.6 Å². The van der Waals surface area contributed by atoms with E-state index in [9.17, 15) is 0 Å².